The van der Waals surface area contributed by atoms with E-state index in [1.165, 1.54) is 5.69 Å². The summed E-state index contributed by atoms with van der Waals surface area (Å²) in [6.45, 7) is 4.74. The van der Waals surface area contributed by atoms with Gasteiger partial charge >= 0.3 is 0 Å². The standard InChI is InChI=1S/C10H14N4S/c1-2-14-7-12-5-10(14)4-11-3-9-6-15-8-13-9/h5-8,11H,2-4H2,1H3. The zero-order chi connectivity index (χ0) is 10.5. The first-order valence-corrected chi connectivity index (χ1v) is 5.91. The van der Waals surface area contributed by atoms with Crippen molar-refractivity contribution in [3.05, 3.63) is 34.8 Å². The Morgan fingerprint density at radius 1 is 1.47 bits per heavy atom. The number of nitrogens with one attached hydrogen (secondary N) is 1. The third-order valence-corrected chi connectivity index (χ3v) is 2.87. The lowest BCUT2D eigenvalue weighted by atomic mass is 10.4. The fraction of sp³-hybridized carbons (Fsp3) is 0.400. The first kappa shape index (κ1) is 10.3. The second kappa shape index (κ2) is 5.04. The van der Waals surface area contributed by atoms with Crippen LogP contribution in [-0.4, -0.2) is 14.5 Å². The van der Waals surface area contributed by atoms with Crippen molar-refractivity contribution in [2.45, 2.75) is 26.6 Å². The van der Waals surface area contributed by atoms with Gasteiger partial charge < -0.3 is 9.88 Å². The maximum Gasteiger partial charge on any atom is 0.0948 e. The number of imidazole rings is 1. The average Bonchev–Trinajstić information content (AvgIpc) is 2.88. The Kier molecular flexibility index (Phi) is 3.47. The highest BCUT2D eigenvalue weighted by Crippen LogP contribution is 2.02. The second-order valence-electron chi connectivity index (χ2n) is 3.25. The van der Waals surface area contributed by atoms with Crippen LogP contribution in [0.1, 0.15) is 18.3 Å². The highest BCUT2D eigenvalue weighted by atomic mass is 32.1. The van der Waals surface area contributed by atoms with E-state index in [4.69, 9.17) is 0 Å². The van der Waals surface area contributed by atoms with Crippen LogP contribution < -0.4 is 5.32 Å². The second-order valence-corrected chi connectivity index (χ2v) is 3.97. The van der Waals surface area contributed by atoms with E-state index in [1.807, 2.05) is 18.0 Å². The molecular formula is C10H14N4S. The molecule has 0 aliphatic rings. The quantitative estimate of drug-likeness (QED) is 0.836. The van der Waals surface area contributed by atoms with Gasteiger partial charge in [0.2, 0.25) is 0 Å². The van der Waals surface area contributed by atoms with Crippen LogP contribution in [0.5, 0.6) is 0 Å². The first-order chi connectivity index (χ1) is 7.40. The van der Waals surface area contributed by atoms with Gasteiger partial charge in [-0.15, -0.1) is 11.3 Å². The van der Waals surface area contributed by atoms with E-state index in [0.717, 1.165) is 25.3 Å². The molecule has 0 fully saturated rings. The van der Waals surface area contributed by atoms with Crippen LogP contribution in [0.15, 0.2) is 23.4 Å². The summed E-state index contributed by atoms with van der Waals surface area (Å²) < 4.78 is 2.13. The summed E-state index contributed by atoms with van der Waals surface area (Å²) in [5, 5.41) is 5.41. The van der Waals surface area contributed by atoms with Gasteiger partial charge in [-0.1, -0.05) is 0 Å². The molecule has 0 aliphatic carbocycles. The molecule has 80 valence electrons. The minimum Gasteiger partial charge on any atom is -0.334 e. The highest BCUT2D eigenvalue weighted by Gasteiger charge is 2.00. The van der Waals surface area contributed by atoms with Crippen molar-refractivity contribution in [3.63, 3.8) is 0 Å². The number of nitrogens with zero attached hydrogens (tertiary/aromatic N) is 3. The molecule has 0 aromatic carbocycles. The molecule has 0 atom stereocenters. The van der Waals surface area contributed by atoms with E-state index in [0.29, 0.717) is 0 Å². The molecule has 0 amide bonds. The van der Waals surface area contributed by atoms with Gasteiger partial charge in [-0.05, 0) is 6.92 Å². The third-order valence-electron chi connectivity index (χ3n) is 2.23. The number of hydrogen-bond donors (Lipinski definition) is 1. The summed E-state index contributed by atoms with van der Waals surface area (Å²) in [6, 6.07) is 0. The molecule has 2 heterocycles. The zero-order valence-corrected chi connectivity index (χ0v) is 9.50. The number of hydrogen-bond acceptors (Lipinski definition) is 4. The summed E-state index contributed by atoms with van der Waals surface area (Å²) in [4.78, 5) is 8.33. The van der Waals surface area contributed by atoms with Crippen LogP contribution in [-0.2, 0) is 19.6 Å². The van der Waals surface area contributed by atoms with Gasteiger partial charge in [-0.3, -0.25) is 0 Å². The number of aryl methyl sites for hydroxylation is 1. The molecule has 0 aliphatic heterocycles. The summed E-state index contributed by atoms with van der Waals surface area (Å²) in [6.07, 6.45) is 3.76. The Morgan fingerprint density at radius 3 is 3.13 bits per heavy atom. The number of rotatable bonds is 5. The van der Waals surface area contributed by atoms with Gasteiger partial charge in [0.25, 0.3) is 0 Å². The molecule has 2 aromatic rings. The Balaban J connectivity index is 1.83. The SMILES string of the molecule is CCn1cncc1CNCc1cscn1. The van der Waals surface area contributed by atoms with Crippen LogP contribution in [0.3, 0.4) is 0 Å². The summed E-state index contributed by atoms with van der Waals surface area (Å²) >= 11 is 1.63. The third kappa shape index (κ3) is 2.64. The first-order valence-electron chi connectivity index (χ1n) is 4.97. The summed E-state index contributed by atoms with van der Waals surface area (Å²) in [5.41, 5.74) is 4.17. The summed E-state index contributed by atoms with van der Waals surface area (Å²) in [5.74, 6) is 0. The molecule has 2 aromatic heterocycles. The highest BCUT2D eigenvalue weighted by molar-refractivity contribution is 7.07. The largest absolute Gasteiger partial charge is 0.334 e. The molecule has 4 nitrogen and oxygen atoms in total. The van der Waals surface area contributed by atoms with Gasteiger partial charge in [0.1, 0.15) is 0 Å². The Labute approximate surface area is 93.0 Å². The van der Waals surface area contributed by atoms with Crippen molar-refractivity contribution in [1.82, 2.24) is 19.9 Å². The number of thiazole rings is 1. The lowest BCUT2D eigenvalue weighted by Crippen LogP contribution is -2.15. The fourth-order valence-electron chi connectivity index (χ4n) is 1.42. The molecule has 0 saturated carbocycles. The van der Waals surface area contributed by atoms with Crippen molar-refractivity contribution >= 4 is 11.3 Å². The van der Waals surface area contributed by atoms with Crippen molar-refractivity contribution < 1.29 is 0 Å². The maximum absolute atomic E-state index is 4.21. The molecule has 0 radical (unpaired) electrons. The Hall–Kier alpha value is -1.20. The number of aromatic nitrogens is 3. The average molecular weight is 222 g/mol. The van der Waals surface area contributed by atoms with Crippen LogP contribution in [0.4, 0.5) is 0 Å². The van der Waals surface area contributed by atoms with Crippen molar-refractivity contribution in [2.75, 3.05) is 0 Å². The van der Waals surface area contributed by atoms with Gasteiger partial charge in [0.05, 0.1) is 23.2 Å². The zero-order valence-electron chi connectivity index (χ0n) is 8.68. The maximum atomic E-state index is 4.21. The molecule has 15 heavy (non-hydrogen) atoms. The van der Waals surface area contributed by atoms with Crippen molar-refractivity contribution in [3.8, 4) is 0 Å². The smallest absolute Gasteiger partial charge is 0.0948 e. The van der Waals surface area contributed by atoms with Crippen molar-refractivity contribution in [1.29, 1.82) is 0 Å². The van der Waals surface area contributed by atoms with Gasteiger partial charge in [0, 0.05) is 31.2 Å². The van der Waals surface area contributed by atoms with Crippen LogP contribution in [0.25, 0.3) is 0 Å². The van der Waals surface area contributed by atoms with E-state index in [9.17, 15) is 0 Å². The van der Waals surface area contributed by atoms with Crippen LogP contribution in [0, 0.1) is 0 Å². The molecular weight excluding hydrogens is 208 g/mol. The van der Waals surface area contributed by atoms with Gasteiger partial charge in [-0.25, -0.2) is 9.97 Å². The fourth-order valence-corrected chi connectivity index (χ4v) is 1.98. The molecule has 0 bridgehead atoms. The van der Waals surface area contributed by atoms with E-state index in [1.54, 1.807) is 11.3 Å². The minimum absolute atomic E-state index is 0.818. The lowest BCUT2D eigenvalue weighted by molar-refractivity contribution is 0.623. The van der Waals surface area contributed by atoms with E-state index in [-0.39, 0.29) is 0 Å². The normalized spacial score (nSPS) is 10.7. The van der Waals surface area contributed by atoms with Crippen molar-refractivity contribution in [2.24, 2.45) is 0 Å². The molecule has 0 unspecified atom stereocenters. The van der Waals surface area contributed by atoms with Crippen LogP contribution in [0.2, 0.25) is 0 Å². The topological polar surface area (TPSA) is 42.7 Å². The monoisotopic (exact) mass is 222 g/mol. The predicted molar refractivity (Wildman–Crippen MR) is 60.6 cm³/mol. The molecule has 0 spiro atoms. The summed E-state index contributed by atoms with van der Waals surface area (Å²) in [7, 11) is 0. The van der Waals surface area contributed by atoms with Gasteiger partial charge in [-0.2, -0.15) is 0 Å². The predicted octanol–water partition coefficient (Wildman–Crippen LogP) is 1.65. The van der Waals surface area contributed by atoms with E-state index >= 15 is 0 Å². The molecule has 1 N–H and O–H groups in total. The minimum atomic E-state index is 0.818. The van der Waals surface area contributed by atoms with E-state index in [2.05, 4.69) is 32.2 Å². The van der Waals surface area contributed by atoms with Gasteiger partial charge in [0.15, 0.2) is 0 Å². The Morgan fingerprint density at radius 2 is 2.40 bits per heavy atom. The Bertz CT molecular complexity index is 393. The lowest BCUT2D eigenvalue weighted by Gasteiger charge is -2.05. The van der Waals surface area contributed by atoms with E-state index < -0.39 is 0 Å². The molecule has 5 heteroatoms. The van der Waals surface area contributed by atoms with Crippen LogP contribution >= 0.6 is 11.3 Å². The molecule has 2 rings (SSSR count). The molecule has 0 saturated heterocycles.